The summed E-state index contributed by atoms with van der Waals surface area (Å²) in [4.78, 5) is 30.4. The lowest BCUT2D eigenvalue weighted by Crippen LogP contribution is -2.34. The number of ether oxygens (including phenoxy) is 2. The molecule has 0 spiro atoms. The van der Waals surface area contributed by atoms with Gasteiger partial charge in [-0.1, -0.05) is 42.5 Å². The third-order valence-electron chi connectivity index (χ3n) is 5.56. The zero-order valence-corrected chi connectivity index (χ0v) is 19.7. The molecule has 0 saturated carbocycles. The molecule has 1 aliphatic rings. The molecule has 4 rings (SSSR count). The van der Waals surface area contributed by atoms with Crippen molar-refractivity contribution in [2.24, 2.45) is 0 Å². The molecule has 6 nitrogen and oxygen atoms in total. The van der Waals surface area contributed by atoms with Crippen LogP contribution in [0.25, 0.3) is 5.57 Å². The van der Waals surface area contributed by atoms with Crippen LogP contribution in [0.4, 0.5) is 5.69 Å². The van der Waals surface area contributed by atoms with E-state index in [1.54, 1.807) is 24.3 Å². The van der Waals surface area contributed by atoms with Gasteiger partial charge in [0.25, 0.3) is 11.8 Å². The van der Waals surface area contributed by atoms with E-state index < -0.39 is 0 Å². The van der Waals surface area contributed by atoms with Gasteiger partial charge in [0.15, 0.2) is 0 Å². The second kappa shape index (κ2) is 10.3. The Hall–Kier alpha value is -4.06. The van der Waals surface area contributed by atoms with Crippen LogP contribution in [0.5, 0.6) is 11.5 Å². The normalized spacial score (nSPS) is 13.4. The fraction of sp³-hybridized carbons (Fsp3) is 0.214. The smallest absolute Gasteiger partial charge is 0.282 e. The van der Waals surface area contributed by atoms with Crippen LogP contribution in [0.15, 0.2) is 84.6 Å². The summed E-state index contributed by atoms with van der Waals surface area (Å²) in [5, 5.41) is 0. The van der Waals surface area contributed by atoms with E-state index in [4.69, 9.17) is 9.47 Å². The van der Waals surface area contributed by atoms with Crippen molar-refractivity contribution in [3.63, 3.8) is 0 Å². The van der Waals surface area contributed by atoms with Crippen molar-refractivity contribution in [2.45, 2.75) is 20.4 Å². The zero-order chi connectivity index (χ0) is 24.1. The highest BCUT2D eigenvalue weighted by molar-refractivity contribution is 6.45. The van der Waals surface area contributed by atoms with E-state index in [1.807, 2.05) is 80.4 Å². The lowest BCUT2D eigenvalue weighted by Gasteiger charge is -2.21. The Morgan fingerprint density at radius 1 is 0.735 bits per heavy atom. The van der Waals surface area contributed by atoms with Crippen LogP contribution in [0.2, 0.25) is 0 Å². The van der Waals surface area contributed by atoms with E-state index >= 15 is 0 Å². The SMILES string of the molecule is CCOc1ccc(C2=C(N(C)Cc3ccccc3)C(=O)N(c3ccc(OCC)cc3)C2=O)cc1. The quantitative estimate of drug-likeness (QED) is 0.429. The molecule has 1 heterocycles. The molecule has 0 radical (unpaired) electrons. The van der Waals surface area contributed by atoms with Gasteiger partial charge in [-0.3, -0.25) is 9.59 Å². The van der Waals surface area contributed by atoms with Gasteiger partial charge in [-0.05, 0) is 61.4 Å². The maximum Gasteiger partial charge on any atom is 0.282 e. The van der Waals surface area contributed by atoms with Gasteiger partial charge in [-0.2, -0.15) is 0 Å². The molecule has 0 saturated heterocycles. The van der Waals surface area contributed by atoms with E-state index in [0.29, 0.717) is 53.8 Å². The Balaban J connectivity index is 1.73. The molecule has 3 aromatic rings. The average Bonchev–Trinajstić information content (AvgIpc) is 3.11. The highest BCUT2D eigenvalue weighted by Gasteiger charge is 2.41. The molecule has 0 unspecified atom stereocenters. The van der Waals surface area contributed by atoms with Crippen LogP contribution in [0.3, 0.4) is 0 Å². The van der Waals surface area contributed by atoms with Crippen LogP contribution in [-0.2, 0) is 16.1 Å². The van der Waals surface area contributed by atoms with Crippen LogP contribution in [-0.4, -0.2) is 37.0 Å². The molecule has 0 aromatic heterocycles. The molecule has 0 bridgehead atoms. The largest absolute Gasteiger partial charge is 0.494 e. The zero-order valence-electron chi connectivity index (χ0n) is 19.7. The third-order valence-corrected chi connectivity index (χ3v) is 5.56. The maximum atomic E-state index is 13.7. The van der Waals surface area contributed by atoms with Gasteiger partial charge in [0, 0.05) is 13.6 Å². The number of carbonyl (C=O) groups is 2. The molecule has 2 amide bonds. The molecule has 1 aliphatic heterocycles. The molecular formula is C28H28N2O4. The summed E-state index contributed by atoms with van der Waals surface area (Å²) in [6, 6.07) is 24.1. The molecule has 0 fully saturated rings. The van der Waals surface area contributed by atoms with Crippen molar-refractivity contribution in [3.8, 4) is 11.5 Å². The van der Waals surface area contributed by atoms with Crippen LogP contribution < -0.4 is 14.4 Å². The number of hydrogen-bond acceptors (Lipinski definition) is 5. The van der Waals surface area contributed by atoms with Crippen molar-refractivity contribution in [1.82, 2.24) is 4.90 Å². The van der Waals surface area contributed by atoms with Crippen LogP contribution >= 0.6 is 0 Å². The first-order valence-electron chi connectivity index (χ1n) is 11.4. The molecule has 34 heavy (non-hydrogen) atoms. The number of nitrogens with zero attached hydrogens (tertiary/aromatic N) is 2. The maximum absolute atomic E-state index is 13.7. The molecule has 0 N–H and O–H groups in total. The summed E-state index contributed by atoms with van der Waals surface area (Å²) < 4.78 is 11.1. The lowest BCUT2D eigenvalue weighted by atomic mass is 10.0. The molecule has 6 heteroatoms. The number of imide groups is 1. The van der Waals surface area contributed by atoms with Gasteiger partial charge < -0.3 is 14.4 Å². The second-order valence-electron chi connectivity index (χ2n) is 7.90. The fourth-order valence-corrected chi connectivity index (χ4v) is 4.05. The summed E-state index contributed by atoms with van der Waals surface area (Å²) in [5.41, 5.74) is 2.96. The lowest BCUT2D eigenvalue weighted by molar-refractivity contribution is -0.120. The number of hydrogen-bond donors (Lipinski definition) is 0. The fourth-order valence-electron chi connectivity index (χ4n) is 4.05. The second-order valence-corrected chi connectivity index (χ2v) is 7.90. The molecule has 3 aromatic carbocycles. The van der Waals surface area contributed by atoms with Gasteiger partial charge in [0.2, 0.25) is 0 Å². The minimum Gasteiger partial charge on any atom is -0.494 e. The van der Waals surface area contributed by atoms with Crippen LogP contribution in [0, 0.1) is 0 Å². The van der Waals surface area contributed by atoms with Crippen LogP contribution in [0.1, 0.15) is 25.0 Å². The van der Waals surface area contributed by atoms with Gasteiger partial charge in [0.1, 0.15) is 17.2 Å². The Morgan fingerprint density at radius 2 is 1.29 bits per heavy atom. The number of benzene rings is 3. The topological polar surface area (TPSA) is 59.1 Å². The van der Waals surface area contributed by atoms with Crippen molar-refractivity contribution in [1.29, 1.82) is 0 Å². The Kier molecular flexibility index (Phi) is 6.97. The highest BCUT2D eigenvalue weighted by Crippen LogP contribution is 2.36. The minimum atomic E-state index is -0.353. The predicted octanol–water partition coefficient (Wildman–Crippen LogP) is 4.90. The van der Waals surface area contributed by atoms with E-state index in [9.17, 15) is 9.59 Å². The Bertz CT molecular complexity index is 1190. The van der Waals surface area contributed by atoms with Gasteiger partial charge in [-0.15, -0.1) is 0 Å². The van der Waals surface area contributed by atoms with Crippen molar-refractivity contribution in [3.05, 3.63) is 95.7 Å². The number of likely N-dealkylation sites (N-methyl/N-ethyl adjacent to an activating group) is 1. The average molecular weight is 457 g/mol. The molecule has 0 aliphatic carbocycles. The standard InChI is InChI=1S/C28H28N2O4/c1-4-33-23-15-11-21(12-16-23)25-26(29(3)19-20-9-7-6-8-10-20)28(32)30(27(25)31)22-13-17-24(18-14-22)34-5-2/h6-18H,4-5,19H2,1-3H3. The summed E-state index contributed by atoms with van der Waals surface area (Å²) in [5.74, 6) is 0.697. The van der Waals surface area contributed by atoms with E-state index in [1.165, 1.54) is 4.90 Å². The Labute approximate surface area is 200 Å². The van der Waals surface area contributed by atoms with Gasteiger partial charge in [-0.25, -0.2) is 4.90 Å². The van der Waals surface area contributed by atoms with Crippen molar-refractivity contribution >= 4 is 23.1 Å². The minimum absolute atomic E-state index is 0.350. The number of amides is 2. The van der Waals surface area contributed by atoms with E-state index in [0.717, 1.165) is 5.56 Å². The molecular weight excluding hydrogens is 428 g/mol. The number of carbonyl (C=O) groups excluding carboxylic acids is 2. The summed E-state index contributed by atoms with van der Waals surface area (Å²) in [7, 11) is 1.84. The first kappa shape index (κ1) is 23.1. The Morgan fingerprint density at radius 3 is 1.85 bits per heavy atom. The van der Waals surface area contributed by atoms with E-state index in [2.05, 4.69) is 0 Å². The first-order valence-corrected chi connectivity index (χ1v) is 11.4. The van der Waals surface area contributed by atoms with E-state index in [-0.39, 0.29) is 11.8 Å². The third kappa shape index (κ3) is 4.66. The monoisotopic (exact) mass is 456 g/mol. The summed E-state index contributed by atoms with van der Waals surface area (Å²) >= 11 is 0. The predicted molar refractivity (Wildman–Crippen MR) is 133 cm³/mol. The van der Waals surface area contributed by atoms with Crippen molar-refractivity contribution in [2.75, 3.05) is 25.2 Å². The van der Waals surface area contributed by atoms with Crippen molar-refractivity contribution < 1.29 is 19.1 Å². The first-order chi connectivity index (χ1) is 16.5. The summed E-state index contributed by atoms with van der Waals surface area (Å²) in [6.45, 7) is 5.41. The molecule has 0 atom stereocenters. The highest BCUT2D eigenvalue weighted by atomic mass is 16.5. The number of anilines is 1. The molecule has 174 valence electrons. The van der Waals surface area contributed by atoms with Gasteiger partial charge >= 0.3 is 0 Å². The number of rotatable bonds is 9. The summed E-state index contributed by atoms with van der Waals surface area (Å²) in [6.07, 6.45) is 0. The van der Waals surface area contributed by atoms with Gasteiger partial charge in [0.05, 0.1) is 24.5 Å².